The van der Waals surface area contributed by atoms with Gasteiger partial charge in [0.05, 0.1) is 12.6 Å². The number of hydrogen-bond acceptors (Lipinski definition) is 3. The third-order valence-electron chi connectivity index (χ3n) is 1.86. The van der Waals surface area contributed by atoms with E-state index in [4.69, 9.17) is 5.73 Å². The Bertz CT molecular complexity index is 217. The van der Waals surface area contributed by atoms with E-state index in [9.17, 15) is 9.59 Å². The van der Waals surface area contributed by atoms with Gasteiger partial charge in [-0.3, -0.25) is 9.59 Å². The standard InChI is InChI=1S/C10H21N3O2/c1-4-12-9(14)6-13-10(15)8(11)5-7(2)3/h7-8H,4-6,11H2,1-3H3,(H,12,14)(H,13,15)/t8-/m0/s1. The first-order valence-corrected chi connectivity index (χ1v) is 5.27. The molecular weight excluding hydrogens is 194 g/mol. The Balaban J connectivity index is 3.78. The summed E-state index contributed by atoms with van der Waals surface area (Å²) in [6.45, 7) is 6.38. The van der Waals surface area contributed by atoms with Crippen LogP contribution in [0.25, 0.3) is 0 Å². The van der Waals surface area contributed by atoms with Gasteiger partial charge in [0, 0.05) is 6.54 Å². The summed E-state index contributed by atoms with van der Waals surface area (Å²) in [5.74, 6) is -0.0900. The van der Waals surface area contributed by atoms with E-state index >= 15 is 0 Å². The maximum Gasteiger partial charge on any atom is 0.239 e. The number of nitrogens with two attached hydrogens (primary N) is 1. The molecule has 0 bridgehead atoms. The monoisotopic (exact) mass is 215 g/mol. The molecule has 0 aliphatic carbocycles. The fourth-order valence-corrected chi connectivity index (χ4v) is 1.17. The molecule has 0 aromatic rings. The van der Waals surface area contributed by atoms with E-state index in [1.165, 1.54) is 0 Å². The van der Waals surface area contributed by atoms with Crippen LogP contribution in [0.4, 0.5) is 0 Å². The highest BCUT2D eigenvalue weighted by atomic mass is 16.2. The maximum atomic E-state index is 11.4. The van der Waals surface area contributed by atoms with Gasteiger partial charge in [-0.2, -0.15) is 0 Å². The third-order valence-corrected chi connectivity index (χ3v) is 1.86. The highest BCUT2D eigenvalue weighted by molar-refractivity contribution is 5.87. The lowest BCUT2D eigenvalue weighted by Gasteiger charge is -2.13. The normalized spacial score (nSPS) is 12.3. The van der Waals surface area contributed by atoms with Gasteiger partial charge in [-0.25, -0.2) is 0 Å². The zero-order chi connectivity index (χ0) is 11.8. The lowest BCUT2D eigenvalue weighted by molar-refractivity contribution is -0.127. The highest BCUT2D eigenvalue weighted by Gasteiger charge is 2.15. The van der Waals surface area contributed by atoms with Crippen LogP contribution in [0.1, 0.15) is 27.2 Å². The second kappa shape index (κ2) is 7.23. The van der Waals surface area contributed by atoms with Crippen molar-refractivity contribution in [3.05, 3.63) is 0 Å². The first kappa shape index (κ1) is 13.9. The molecule has 88 valence electrons. The summed E-state index contributed by atoms with van der Waals surface area (Å²) in [5, 5.41) is 5.08. The molecule has 5 heteroatoms. The van der Waals surface area contributed by atoms with E-state index in [1.807, 2.05) is 20.8 Å². The molecule has 0 saturated carbocycles. The topological polar surface area (TPSA) is 84.2 Å². The smallest absolute Gasteiger partial charge is 0.239 e. The molecule has 0 saturated heterocycles. The number of likely N-dealkylation sites (N-methyl/N-ethyl adjacent to an activating group) is 1. The Labute approximate surface area is 90.8 Å². The first-order chi connectivity index (χ1) is 6.97. The molecule has 1 atom stereocenters. The molecule has 0 fully saturated rings. The molecule has 0 aliphatic heterocycles. The number of nitrogens with one attached hydrogen (secondary N) is 2. The van der Waals surface area contributed by atoms with Crippen molar-refractivity contribution in [1.82, 2.24) is 10.6 Å². The summed E-state index contributed by atoms with van der Waals surface area (Å²) >= 11 is 0. The molecule has 0 spiro atoms. The van der Waals surface area contributed by atoms with E-state index in [1.54, 1.807) is 0 Å². The zero-order valence-corrected chi connectivity index (χ0v) is 9.67. The Morgan fingerprint density at radius 3 is 2.33 bits per heavy atom. The number of hydrogen-bond donors (Lipinski definition) is 3. The minimum Gasteiger partial charge on any atom is -0.355 e. The van der Waals surface area contributed by atoms with Gasteiger partial charge < -0.3 is 16.4 Å². The molecule has 2 amide bonds. The minimum atomic E-state index is -0.528. The minimum absolute atomic E-state index is 0.00152. The van der Waals surface area contributed by atoms with Crippen LogP contribution in [0.3, 0.4) is 0 Å². The molecule has 0 aromatic heterocycles. The van der Waals surface area contributed by atoms with Crippen molar-refractivity contribution in [1.29, 1.82) is 0 Å². The van der Waals surface area contributed by atoms with Crippen molar-refractivity contribution < 1.29 is 9.59 Å². The molecule has 0 aliphatic rings. The van der Waals surface area contributed by atoms with Crippen LogP contribution >= 0.6 is 0 Å². The molecular formula is C10H21N3O2. The zero-order valence-electron chi connectivity index (χ0n) is 9.67. The summed E-state index contributed by atoms with van der Waals surface area (Å²) in [7, 11) is 0. The number of carbonyl (C=O) groups excluding carboxylic acids is 2. The van der Waals surface area contributed by atoms with Gasteiger partial charge >= 0.3 is 0 Å². The van der Waals surface area contributed by atoms with E-state index in [-0.39, 0.29) is 18.4 Å². The quantitative estimate of drug-likeness (QED) is 0.564. The Hall–Kier alpha value is -1.10. The van der Waals surface area contributed by atoms with Crippen LogP contribution in [-0.4, -0.2) is 30.9 Å². The van der Waals surface area contributed by atoms with Crippen molar-refractivity contribution in [2.45, 2.75) is 33.2 Å². The van der Waals surface area contributed by atoms with Crippen LogP contribution in [0.5, 0.6) is 0 Å². The van der Waals surface area contributed by atoms with Crippen LogP contribution in [0.2, 0.25) is 0 Å². The van der Waals surface area contributed by atoms with E-state index in [0.29, 0.717) is 18.9 Å². The Morgan fingerprint density at radius 2 is 1.87 bits per heavy atom. The van der Waals surface area contributed by atoms with Crippen molar-refractivity contribution in [2.24, 2.45) is 11.7 Å². The Kier molecular flexibility index (Phi) is 6.70. The summed E-state index contributed by atoms with van der Waals surface area (Å²) in [6, 6.07) is -0.528. The summed E-state index contributed by atoms with van der Waals surface area (Å²) in [4.78, 5) is 22.4. The van der Waals surface area contributed by atoms with Crippen molar-refractivity contribution >= 4 is 11.8 Å². The Morgan fingerprint density at radius 1 is 1.27 bits per heavy atom. The van der Waals surface area contributed by atoms with Crippen molar-refractivity contribution in [3.8, 4) is 0 Å². The second-order valence-electron chi connectivity index (χ2n) is 3.91. The van der Waals surface area contributed by atoms with Gasteiger partial charge in [0.25, 0.3) is 0 Å². The predicted octanol–water partition coefficient (Wildman–Crippen LogP) is -0.388. The first-order valence-electron chi connectivity index (χ1n) is 5.27. The fraction of sp³-hybridized carbons (Fsp3) is 0.800. The van der Waals surface area contributed by atoms with E-state index in [0.717, 1.165) is 0 Å². The molecule has 0 aromatic carbocycles. The fourth-order valence-electron chi connectivity index (χ4n) is 1.17. The lowest BCUT2D eigenvalue weighted by atomic mass is 10.0. The average Bonchev–Trinajstić information content (AvgIpc) is 2.13. The number of amides is 2. The van der Waals surface area contributed by atoms with Gasteiger partial charge in [0.15, 0.2) is 0 Å². The SMILES string of the molecule is CCNC(=O)CNC(=O)[C@@H](N)CC(C)C. The van der Waals surface area contributed by atoms with Gasteiger partial charge in [-0.05, 0) is 19.3 Å². The van der Waals surface area contributed by atoms with Crippen molar-refractivity contribution in [2.75, 3.05) is 13.1 Å². The van der Waals surface area contributed by atoms with Crippen LogP contribution in [0.15, 0.2) is 0 Å². The van der Waals surface area contributed by atoms with E-state index < -0.39 is 6.04 Å². The molecule has 0 heterocycles. The highest BCUT2D eigenvalue weighted by Crippen LogP contribution is 2.01. The van der Waals surface area contributed by atoms with Crippen LogP contribution < -0.4 is 16.4 Å². The number of carbonyl (C=O) groups is 2. The summed E-state index contributed by atoms with van der Waals surface area (Å²) in [5.41, 5.74) is 5.63. The van der Waals surface area contributed by atoms with Gasteiger partial charge in [-0.1, -0.05) is 13.8 Å². The molecule has 0 unspecified atom stereocenters. The molecule has 0 radical (unpaired) electrons. The molecule has 15 heavy (non-hydrogen) atoms. The average molecular weight is 215 g/mol. The van der Waals surface area contributed by atoms with Gasteiger partial charge in [0.1, 0.15) is 0 Å². The largest absolute Gasteiger partial charge is 0.355 e. The molecule has 4 N–H and O–H groups in total. The maximum absolute atomic E-state index is 11.4. The second-order valence-corrected chi connectivity index (χ2v) is 3.91. The number of rotatable bonds is 6. The summed E-state index contributed by atoms with van der Waals surface area (Å²) in [6.07, 6.45) is 0.626. The van der Waals surface area contributed by atoms with E-state index in [2.05, 4.69) is 10.6 Å². The third kappa shape index (κ3) is 6.90. The van der Waals surface area contributed by atoms with Gasteiger partial charge in [-0.15, -0.1) is 0 Å². The summed E-state index contributed by atoms with van der Waals surface area (Å²) < 4.78 is 0. The van der Waals surface area contributed by atoms with Crippen LogP contribution in [-0.2, 0) is 9.59 Å². The van der Waals surface area contributed by atoms with Crippen molar-refractivity contribution in [3.63, 3.8) is 0 Å². The van der Waals surface area contributed by atoms with Crippen LogP contribution in [0, 0.1) is 5.92 Å². The molecule has 0 rings (SSSR count). The lowest BCUT2D eigenvalue weighted by Crippen LogP contribution is -2.45. The van der Waals surface area contributed by atoms with Gasteiger partial charge in [0.2, 0.25) is 11.8 Å². The predicted molar refractivity (Wildman–Crippen MR) is 59.1 cm³/mol. The molecule has 5 nitrogen and oxygen atoms in total.